The van der Waals surface area contributed by atoms with Gasteiger partial charge >= 0.3 is 0 Å². The van der Waals surface area contributed by atoms with Gasteiger partial charge in [0, 0.05) is 6.54 Å². The van der Waals surface area contributed by atoms with Crippen LogP contribution in [-0.2, 0) is 11.2 Å². The first-order valence-electron chi connectivity index (χ1n) is 6.44. The molecular weight excluding hydrogens is 224 g/mol. The lowest BCUT2D eigenvalue weighted by atomic mass is 9.88. The molecule has 0 aliphatic rings. The van der Waals surface area contributed by atoms with Crippen LogP contribution in [0.1, 0.15) is 31.9 Å². The minimum absolute atomic E-state index is 0.0299. The van der Waals surface area contributed by atoms with Crippen molar-refractivity contribution in [2.45, 2.75) is 39.7 Å². The lowest BCUT2D eigenvalue weighted by Gasteiger charge is -2.33. The van der Waals surface area contributed by atoms with Crippen LogP contribution in [0.25, 0.3) is 0 Å². The van der Waals surface area contributed by atoms with Gasteiger partial charge in [0.2, 0.25) is 5.91 Å². The van der Waals surface area contributed by atoms with Gasteiger partial charge in [0.25, 0.3) is 0 Å². The van der Waals surface area contributed by atoms with Crippen molar-refractivity contribution in [1.29, 1.82) is 0 Å². The third kappa shape index (κ3) is 3.84. The maximum atomic E-state index is 12.0. The number of nitrogens with two attached hydrogens (primary N) is 1. The first-order valence-corrected chi connectivity index (χ1v) is 6.44. The van der Waals surface area contributed by atoms with Crippen LogP contribution >= 0.6 is 0 Å². The van der Waals surface area contributed by atoms with Crippen LogP contribution in [-0.4, -0.2) is 18.0 Å². The second-order valence-corrected chi connectivity index (χ2v) is 5.49. The second-order valence-electron chi connectivity index (χ2n) is 5.49. The summed E-state index contributed by atoms with van der Waals surface area (Å²) in [4.78, 5) is 12.0. The van der Waals surface area contributed by atoms with E-state index in [1.807, 2.05) is 38.1 Å². The van der Waals surface area contributed by atoms with Gasteiger partial charge < -0.3 is 11.1 Å². The van der Waals surface area contributed by atoms with E-state index in [1.54, 1.807) is 0 Å². The van der Waals surface area contributed by atoms with Crippen LogP contribution in [0.2, 0.25) is 0 Å². The fourth-order valence-corrected chi connectivity index (χ4v) is 1.80. The number of benzene rings is 1. The molecule has 1 rings (SSSR count). The molecule has 1 aromatic carbocycles. The number of rotatable bonds is 5. The molecule has 1 unspecified atom stereocenters. The molecule has 0 fully saturated rings. The van der Waals surface area contributed by atoms with Gasteiger partial charge in [0.1, 0.15) is 0 Å². The van der Waals surface area contributed by atoms with Gasteiger partial charge in [-0.05, 0) is 25.3 Å². The third-order valence-electron chi connectivity index (χ3n) is 3.57. The standard InChI is InChI=1S/C15H24N2O/c1-11(2)15(4,10-16)17-14(18)9-13-7-5-6-12(3)8-13/h5-8,11H,9-10,16H2,1-4H3,(H,17,18). The molecule has 0 heterocycles. The van der Waals surface area contributed by atoms with Crippen LogP contribution in [0.5, 0.6) is 0 Å². The van der Waals surface area contributed by atoms with Crippen molar-refractivity contribution in [1.82, 2.24) is 5.32 Å². The summed E-state index contributed by atoms with van der Waals surface area (Å²) in [6.07, 6.45) is 0.407. The maximum Gasteiger partial charge on any atom is 0.224 e. The predicted molar refractivity (Wildman–Crippen MR) is 75.3 cm³/mol. The Hall–Kier alpha value is -1.35. The molecule has 0 spiro atoms. The monoisotopic (exact) mass is 248 g/mol. The van der Waals surface area contributed by atoms with Gasteiger partial charge in [-0.1, -0.05) is 43.7 Å². The fourth-order valence-electron chi connectivity index (χ4n) is 1.80. The Morgan fingerprint density at radius 3 is 2.61 bits per heavy atom. The average molecular weight is 248 g/mol. The predicted octanol–water partition coefficient (Wildman–Crippen LogP) is 2.03. The van der Waals surface area contributed by atoms with E-state index in [-0.39, 0.29) is 11.4 Å². The summed E-state index contributed by atoms with van der Waals surface area (Å²) >= 11 is 0. The molecular formula is C15H24N2O. The highest BCUT2D eigenvalue weighted by Crippen LogP contribution is 2.15. The molecule has 3 heteroatoms. The SMILES string of the molecule is Cc1cccc(CC(=O)NC(C)(CN)C(C)C)c1. The molecule has 0 aliphatic heterocycles. The summed E-state index contributed by atoms with van der Waals surface area (Å²) in [5.74, 6) is 0.339. The normalized spacial score (nSPS) is 14.3. The Kier molecular flexibility index (Phi) is 4.91. The first-order chi connectivity index (χ1) is 8.37. The lowest BCUT2D eigenvalue weighted by molar-refractivity contribution is -0.122. The highest BCUT2D eigenvalue weighted by Gasteiger charge is 2.28. The number of carbonyl (C=O) groups excluding carboxylic acids is 1. The Balaban J connectivity index is 2.67. The van der Waals surface area contributed by atoms with E-state index in [0.29, 0.717) is 18.9 Å². The highest BCUT2D eigenvalue weighted by atomic mass is 16.1. The number of hydrogen-bond acceptors (Lipinski definition) is 2. The fraction of sp³-hybridized carbons (Fsp3) is 0.533. The quantitative estimate of drug-likeness (QED) is 0.837. The van der Waals surface area contributed by atoms with E-state index >= 15 is 0 Å². The third-order valence-corrected chi connectivity index (χ3v) is 3.57. The van der Waals surface area contributed by atoms with Crippen LogP contribution in [0, 0.1) is 12.8 Å². The highest BCUT2D eigenvalue weighted by molar-refractivity contribution is 5.79. The number of aryl methyl sites for hydroxylation is 1. The number of nitrogens with one attached hydrogen (secondary N) is 1. The van der Waals surface area contributed by atoms with Gasteiger partial charge in [-0.2, -0.15) is 0 Å². The molecule has 0 aliphatic carbocycles. The molecule has 0 radical (unpaired) electrons. The zero-order valence-corrected chi connectivity index (χ0v) is 11.8. The minimum Gasteiger partial charge on any atom is -0.349 e. The van der Waals surface area contributed by atoms with Crippen molar-refractivity contribution in [2.75, 3.05) is 6.54 Å². The van der Waals surface area contributed by atoms with Crippen molar-refractivity contribution in [3.63, 3.8) is 0 Å². The zero-order chi connectivity index (χ0) is 13.8. The summed E-state index contributed by atoms with van der Waals surface area (Å²) in [6, 6.07) is 8.01. The van der Waals surface area contributed by atoms with Crippen LogP contribution in [0.15, 0.2) is 24.3 Å². The van der Waals surface area contributed by atoms with Crippen molar-refractivity contribution in [3.8, 4) is 0 Å². The summed E-state index contributed by atoms with van der Waals surface area (Å²) in [5.41, 5.74) is 7.64. The summed E-state index contributed by atoms with van der Waals surface area (Å²) in [5, 5.41) is 3.05. The van der Waals surface area contributed by atoms with Gasteiger partial charge in [-0.25, -0.2) is 0 Å². The van der Waals surface area contributed by atoms with E-state index < -0.39 is 0 Å². The molecule has 1 aromatic rings. The molecule has 0 saturated carbocycles. The molecule has 1 atom stereocenters. The Morgan fingerprint density at radius 2 is 2.11 bits per heavy atom. The van der Waals surface area contributed by atoms with E-state index in [1.165, 1.54) is 5.56 Å². The zero-order valence-electron chi connectivity index (χ0n) is 11.8. The molecule has 1 amide bonds. The Bertz CT molecular complexity index is 415. The second kappa shape index (κ2) is 6.01. The van der Waals surface area contributed by atoms with Gasteiger partial charge in [0.05, 0.1) is 12.0 Å². The van der Waals surface area contributed by atoms with Crippen LogP contribution in [0.3, 0.4) is 0 Å². The van der Waals surface area contributed by atoms with Gasteiger partial charge in [0.15, 0.2) is 0 Å². The topological polar surface area (TPSA) is 55.1 Å². The molecule has 0 saturated heterocycles. The summed E-state index contributed by atoms with van der Waals surface area (Å²) in [6.45, 7) is 8.61. The molecule has 3 N–H and O–H groups in total. The van der Waals surface area contributed by atoms with Crippen LogP contribution < -0.4 is 11.1 Å². The molecule has 0 bridgehead atoms. The molecule has 0 aromatic heterocycles. The number of hydrogen-bond donors (Lipinski definition) is 2. The van der Waals surface area contributed by atoms with E-state index in [2.05, 4.69) is 19.2 Å². The van der Waals surface area contributed by atoms with Crippen molar-refractivity contribution < 1.29 is 4.79 Å². The van der Waals surface area contributed by atoms with Gasteiger partial charge in [-0.15, -0.1) is 0 Å². The number of amides is 1. The first kappa shape index (κ1) is 14.7. The Labute approximate surface area is 110 Å². The lowest BCUT2D eigenvalue weighted by Crippen LogP contribution is -2.55. The summed E-state index contributed by atoms with van der Waals surface area (Å²) in [7, 11) is 0. The van der Waals surface area contributed by atoms with Gasteiger partial charge in [-0.3, -0.25) is 4.79 Å². The summed E-state index contributed by atoms with van der Waals surface area (Å²) < 4.78 is 0. The van der Waals surface area contributed by atoms with Crippen LogP contribution in [0.4, 0.5) is 0 Å². The Morgan fingerprint density at radius 1 is 1.44 bits per heavy atom. The molecule has 18 heavy (non-hydrogen) atoms. The van der Waals surface area contributed by atoms with Crippen molar-refractivity contribution in [3.05, 3.63) is 35.4 Å². The molecule has 100 valence electrons. The van der Waals surface area contributed by atoms with E-state index in [0.717, 1.165) is 5.56 Å². The maximum absolute atomic E-state index is 12.0. The van der Waals surface area contributed by atoms with Crippen molar-refractivity contribution in [2.24, 2.45) is 11.7 Å². The van der Waals surface area contributed by atoms with E-state index in [4.69, 9.17) is 5.73 Å². The smallest absolute Gasteiger partial charge is 0.224 e. The number of carbonyl (C=O) groups is 1. The average Bonchev–Trinajstić information content (AvgIpc) is 2.28. The van der Waals surface area contributed by atoms with Crippen molar-refractivity contribution >= 4 is 5.91 Å². The largest absolute Gasteiger partial charge is 0.349 e. The minimum atomic E-state index is -0.332. The molecule has 3 nitrogen and oxygen atoms in total. The van der Waals surface area contributed by atoms with E-state index in [9.17, 15) is 4.79 Å².